The van der Waals surface area contributed by atoms with Gasteiger partial charge in [0.1, 0.15) is 0 Å². The van der Waals surface area contributed by atoms with Crippen LogP contribution in [0.2, 0.25) is 0 Å². The van der Waals surface area contributed by atoms with Crippen LogP contribution in [0.4, 0.5) is 5.69 Å². The Balaban J connectivity index is 2.15. The Hall–Kier alpha value is -1.46. The molecule has 106 valence electrons. The summed E-state index contributed by atoms with van der Waals surface area (Å²) in [5, 5.41) is 7.16. The van der Waals surface area contributed by atoms with Gasteiger partial charge in [-0.15, -0.1) is 0 Å². The van der Waals surface area contributed by atoms with Gasteiger partial charge in [-0.1, -0.05) is 19.1 Å². The van der Waals surface area contributed by atoms with E-state index in [4.69, 9.17) is 0 Å². The van der Waals surface area contributed by atoms with E-state index in [2.05, 4.69) is 31.5 Å². The molecule has 2 rings (SSSR count). The van der Waals surface area contributed by atoms with Crippen molar-refractivity contribution in [3.63, 3.8) is 0 Å². The molecule has 0 aliphatic rings. The van der Waals surface area contributed by atoms with Gasteiger partial charge in [-0.25, -0.2) is 0 Å². The number of pyridine rings is 1. The van der Waals surface area contributed by atoms with Crippen LogP contribution in [0.1, 0.15) is 20.3 Å². The minimum Gasteiger partial charge on any atom is -0.324 e. The van der Waals surface area contributed by atoms with Gasteiger partial charge in [-0.3, -0.25) is 9.78 Å². The predicted molar refractivity (Wildman–Crippen MR) is 85.8 cm³/mol. The molecule has 1 atom stereocenters. The van der Waals surface area contributed by atoms with Crippen LogP contribution in [0.25, 0.3) is 10.9 Å². The molecule has 1 amide bonds. The summed E-state index contributed by atoms with van der Waals surface area (Å²) in [6.07, 6.45) is 2.18. The SMILES string of the molecule is CCNC(C)CC(=O)Nc1cccc2cc(Br)cnc12. The highest BCUT2D eigenvalue weighted by Crippen LogP contribution is 2.24. The van der Waals surface area contributed by atoms with Crippen molar-refractivity contribution in [2.24, 2.45) is 0 Å². The third-order valence-corrected chi connectivity index (χ3v) is 3.43. The molecule has 1 heterocycles. The molecule has 2 N–H and O–H groups in total. The first-order chi connectivity index (χ1) is 9.60. The van der Waals surface area contributed by atoms with Crippen LogP contribution in [0.15, 0.2) is 34.9 Å². The van der Waals surface area contributed by atoms with Gasteiger partial charge in [-0.2, -0.15) is 0 Å². The summed E-state index contributed by atoms with van der Waals surface area (Å²) >= 11 is 3.40. The highest BCUT2D eigenvalue weighted by molar-refractivity contribution is 9.10. The zero-order valence-electron chi connectivity index (χ0n) is 11.6. The van der Waals surface area contributed by atoms with Gasteiger partial charge in [0.05, 0.1) is 11.2 Å². The van der Waals surface area contributed by atoms with Crippen molar-refractivity contribution < 1.29 is 4.79 Å². The first-order valence-electron chi connectivity index (χ1n) is 6.67. The van der Waals surface area contributed by atoms with E-state index in [0.717, 1.165) is 27.6 Å². The molecule has 2 aromatic rings. The minimum absolute atomic E-state index is 0.00401. The molecule has 0 saturated carbocycles. The zero-order valence-corrected chi connectivity index (χ0v) is 13.2. The minimum atomic E-state index is -0.00401. The van der Waals surface area contributed by atoms with E-state index >= 15 is 0 Å². The Morgan fingerprint density at radius 3 is 3.00 bits per heavy atom. The smallest absolute Gasteiger partial charge is 0.225 e. The Morgan fingerprint density at radius 1 is 1.45 bits per heavy atom. The molecule has 0 aliphatic carbocycles. The number of aromatic nitrogens is 1. The van der Waals surface area contributed by atoms with Crippen molar-refractivity contribution >= 4 is 38.4 Å². The standard InChI is InChI=1S/C15H18BrN3O/c1-3-17-10(2)7-14(20)19-13-6-4-5-11-8-12(16)9-18-15(11)13/h4-6,8-10,17H,3,7H2,1-2H3,(H,19,20). The second kappa shape index (κ2) is 6.81. The molecule has 1 unspecified atom stereocenters. The third kappa shape index (κ3) is 3.77. The van der Waals surface area contributed by atoms with E-state index in [0.29, 0.717) is 6.42 Å². The van der Waals surface area contributed by atoms with E-state index in [9.17, 15) is 4.79 Å². The number of nitrogens with one attached hydrogen (secondary N) is 2. The molecule has 0 saturated heterocycles. The van der Waals surface area contributed by atoms with Crippen LogP contribution < -0.4 is 10.6 Å². The summed E-state index contributed by atoms with van der Waals surface area (Å²) in [6, 6.07) is 7.92. The maximum Gasteiger partial charge on any atom is 0.225 e. The molecule has 0 bridgehead atoms. The summed E-state index contributed by atoms with van der Waals surface area (Å²) in [7, 11) is 0. The van der Waals surface area contributed by atoms with Crippen LogP contribution in [-0.4, -0.2) is 23.5 Å². The van der Waals surface area contributed by atoms with Gasteiger partial charge in [0.15, 0.2) is 0 Å². The number of fused-ring (bicyclic) bond motifs is 1. The van der Waals surface area contributed by atoms with Gasteiger partial charge >= 0.3 is 0 Å². The number of hydrogen-bond acceptors (Lipinski definition) is 3. The van der Waals surface area contributed by atoms with Crippen LogP contribution in [0, 0.1) is 0 Å². The lowest BCUT2D eigenvalue weighted by Gasteiger charge is -2.13. The van der Waals surface area contributed by atoms with E-state index < -0.39 is 0 Å². The zero-order chi connectivity index (χ0) is 14.5. The fourth-order valence-corrected chi connectivity index (χ4v) is 2.48. The van der Waals surface area contributed by atoms with Crippen LogP contribution in [-0.2, 0) is 4.79 Å². The number of anilines is 1. The Morgan fingerprint density at radius 2 is 2.25 bits per heavy atom. The lowest BCUT2D eigenvalue weighted by Crippen LogP contribution is -2.30. The van der Waals surface area contributed by atoms with Crippen molar-refractivity contribution in [3.8, 4) is 0 Å². The van der Waals surface area contributed by atoms with Crippen molar-refractivity contribution in [1.29, 1.82) is 0 Å². The lowest BCUT2D eigenvalue weighted by molar-refractivity contribution is -0.116. The van der Waals surface area contributed by atoms with Crippen molar-refractivity contribution in [2.75, 3.05) is 11.9 Å². The highest BCUT2D eigenvalue weighted by Gasteiger charge is 2.10. The molecule has 0 radical (unpaired) electrons. The number of carbonyl (C=O) groups is 1. The fraction of sp³-hybridized carbons (Fsp3) is 0.333. The van der Waals surface area contributed by atoms with Gasteiger partial charge < -0.3 is 10.6 Å². The van der Waals surface area contributed by atoms with E-state index in [1.807, 2.05) is 38.1 Å². The number of carbonyl (C=O) groups excluding carboxylic acids is 1. The highest BCUT2D eigenvalue weighted by atomic mass is 79.9. The number of rotatable bonds is 5. The molecule has 20 heavy (non-hydrogen) atoms. The summed E-state index contributed by atoms with van der Waals surface area (Å²) in [6.45, 7) is 4.89. The number of hydrogen-bond donors (Lipinski definition) is 2. The van der Waals surface area contributed by atoms with Gasteiger partial charge in [0, 0.05) is 28.5 Å². The van der Waals surface area contributed by atoms with Gasteiger partial charge in [0.25, 0.3) is 0 Å². The maximum absolute atomic E-state index is 12.0. The number of benzene rings is 1. The van der Waals surface area contributed by atoms with Crippen molar-refractivity contribution in [1.82, 2.24) is 10.3 Å². The number of para-hydroxylation sites is 1. The largest absolute Gasteiger partial charge is 0.324 e. The monoisotopic (exact) mass is 335 g/mol. The maximum atomic E-state index is 12.0. The number of halogens is 1. The van der Waals surface area contributed by atoms with E-state index in [-0.39, 0.29) is 11.9 Å². The summed E-state index contributed by atoms with van der Waals surface area (Å²) in [5.41, 5.74) is 1.56. The normalized spacial score (nSPS) is 12.3. The average Bonchev–Trinajstić information content (AvgIpc) is 2.38. The number of nitrogens with zero attached hydrogens (tertiary/aromatic N) is 1. The summed E-state index contributed by atoms with van der Waals surface area (Å²) in [4.78, 5) is 16.4. The Labute approximate surface area is 127 Å². The van der Waals surface area contributed by atoms with Gasteiger partial charge in [-0.05, 0) is 41.5 Å². The lowest BCUT2D eigenvalue weighted by atomic mass is 10.1. The van der Waals surface area contributed by atoms with Gasteiger partial charge in [0.2, 0.25) is 5.91 Å². The van der Waals surface area contributed by atoms with E-state index in [1.54, 1.807) is 6.20 Å². The Kier molecular flexibility index (Phi) is 5.09. The summed E-state index contributed by atoms with van der Waals surface area (Å²) in [5.74, 6) is -0.00401. The quantitative estimate of drug-likeness (QED) is 0.881. The van der Waals surface area contributed by atoms with Crippen LogP contribution in [0.5, 0.6) is 0 Å². The van der Waals surface area contributed by atoms with Crippen LogP contribution in [0.3, 0.4) is 0 Å². The topological polar surface area (TPSA) is 54.0 Å². The van der Waals surface area contributed by atoms with Crippen LogP contribution >= 0.6 is 15.9 Å². The van der Waals surface area contributed by atoms with Crippen molar-refractivity contribution in [3.05, 3.63) is 34.9 Å². The molecule has 0 spiro atoms. The second-order valence-corrected chi connectivity index (χ2v) is 5.66. The second-order valence-electron chi connectivity index (χ2n) is 4.74. The molecular weight excluding hydrogens is 318 g/mol. The number of amides is 1. The third-order valence-electron chi connectivity index (χ3n) is 3.00. The average molecular weight is 336 g/mol. The molecule has 0 fully saturated rings. The Bertz CT molecular complexity index is 615. The van der Waals surface area contributed by atoms with Crippen molar-refractivity contribution in [2.45, 2.75) is 26.3 Å². The molecule has 1 aromatic heterocycles. The molecule has 4 nitrogen and oxygen atoms in total. The molecule has 0 aliphatic heterocycles. The summed E-state index contributed by atoms with van der Waals surface area (Å²) < 4.78 is 0.925. The molecule has 5 heteroatoms. The van der Waals surface area contributed by atoms with E-state index in [1.165, 1.54) is 0 Å². The first-order valence-corrected chi connectivity index (χ1v) is 7.47. The predicted octanol–water partition coefficient (Wildman–Crippen LogP) is 3.32. The first kappa shape index (κ1) is 14.9. The molecular formula is C15H18BrN3O. The fourth-order valence-electron chi connectivity index (χ4n) is 2.13. The molecule has 1 aromatic carbocycles.